The molecule has 0 bridgehead atoms. The van der Waals surface area contributed by atoms with Crippen LogP contribution in [0.4, 0.5) is 5.82 Å². The Labute approximate surface area is 146 Å². The van der Waals surface area contributed by atoms with Gasteiger partial charge in [-0.05, 0) is 43.2 Å². The molecule has 3 heterocycles. The number of anilines is 1. The Hall–Kier alpha value is -3.08. The maximum Gasteiger partial charge on any atom is 0.258 e. The van der Waals surface area contributed by atoms with Crippen LogP contribution in [0.5, 0.6) is 11.5 Å². The number of hydrogen-bond donors (Lipinski definition) is 0. The first-order valence-electron chi connectivity index (χ1n) is 8.47. The van der Waals surface area contributed by atoms with E-state index >= 15 is 0 Å². The summed E-state index contributed by atoms with van der Waals surface area (Å²) in [4.78, 5) is 19.2. The molecule has 0 saturated carbocycles. The zero-order valence-corrected chi connectivity index (χ0v) is 13.8. The summed E-state index contributed by atoms with van der Waals surface area (Å²) in [6.45, 7) is 2.11. The Morgan fingerprint density at radius 3 is 2.40 bits per heavy atom. The predicted molar refractivity (Wildman–Crippen MR) is 97.8 cm³/mol. The second kappa shape index (κ2) is 6.81. The third-order valence-electron chi connectivity index (χ3n) is 4.31. The average Bonchev–Trinajstić information content (AvgIpc) is 3.18. The minimum absolute atomic E-state index is 0.149. The van der Waals surface area contributed by atoms with Crippen LogP contribution in [0.3, 0.4) is 0 Å². The number of para-hydroxylation sites is 1. The lowest BCUT2D eigenvalue weighted by molar-refractivity contribution is 0.480. The molecule has 3 aromatic rings. The second-order valence-corrected chi connectivity index (χ2v) is 6.05. The Kier molecular flexibility index (Phi) is 4.21. The number of rotatable bonds is 4. The Balaban J connectivity index is 1.55. The summed E-state index contributed by atoms with van der Waals surface area (Å²) in [5.41, 5.74) is 0.600. The molecule has 126 valence electrons. The quantitative estimate of drug-likeness (QED) is 0.731. The van der Waals surface area contributed by atoms with Crippen molar-refractivity contribution in [1.29, 1.82) is 0 Å². The highest BCUT2D eigenvalue weighted by molar-refractivity contribution is 5.44. The molecule has 0 atom stereocenters. The first-order chi connectivity index (χ1) is 12.3. The van der Waals surface area contributed by atoms with Gasteiger partial charge in [-0.1, -0.05) is 18.2 Å². The van der Waals surface area contributed by atoms with Crippen molar-refractivity contribution in [3.63, 3.8) is 0 Å². The average molecular weight is 333 g/mol. The topological polar surface area (TPSA) is 47.4 Å². The highest BCUT2D eigenvalue weighted by atomic mass is 16.5. The smallest absolute Gasteiger partial charge is 0.258 e. The molecule has 4 rings (SSSR count). The van der Waals surface area contributed by atoms with Crippen molar-refractivity contribution >= 4 is 5.82 Å². The third-order valence-corrected chi connectivity index (χ3v) is 4.31. The minimum Gasteiger partial charge on any atom is -0.457 e. The lowest BCUT2D eigenvalue weighted by atomic mass is 10.3. The first-order valence-corrected chi connectivity index (χ1v) is 8.47. The van der Waals surface area contributed by atoms with Gasteiger partial charge in [-0.25, -0.2) is 4.98 Å². The molecule has 5 heteroatoms. The van der Waals surface area contributed by atoms with Crippen LogP contribution in [-0.2, 0) is 0 Å². The molecule has 0 N–H and O–H groups in total. The van der Waals surface area contributed by atoms with Gasteiger partial charge in [0.2, 0.25) is 0 Å². The van der Waals surface area contributed by atoms with E-state index in [2.05, 4.69) is 9.88 Å². The van der Waals surface area contributed by atoms with Crippen LogP contribution in [0.1, 0.15) is 12.8 Å². The molecule has 1 aliphatic rings. The zero-order valence-electron chi connectivity index (χ0n) is 13.8. The van der Waals surface area contributed by atoms with E-state index in [0.717, 1.165) is 24.6 Å². The van der Waals surface area contributed by atoms with Gasteiger partial charge in [-0.3, -0.25) is 9.36 Å². The molecule has 5 nitrogen and oxygen atoms in total. The molecule has 2 aromatic heterocycles. The maximum atomic E-state index is 12.4. The molecular weight excluding hydrogens is 314 g/mol. The molecule has 0 spiro atoms. The van der Waals surface area contributed by atoms with Gasteiger partial charge in [0.25, 0.3) is 5.56 Å². The molecule has 0 radical (unpaired) electrons. The van der Waals surface area contributed by atoms with E-state index in [4.69, 9.17) is 4.74 Å². The van der Waals surface area contributed by atoms with Crippen LogP contribution in [0.25, 0.3) is 5.69 Å². The van der Waals surface area contributed by atoms with Crippen LogP contribution in [0, 0.1) is 0 Å². The van der Waals surface area contributed by atoms with Crippen molar-refractivity contribution < 1.29 is 4.74 Å². The van der Waals surface area contributed by atoms with E-state index in [9.17, 15) is 4.79 Å². The Morgan fingerprint density at radius 1 is 0.920 bits per heavy atom. The Morgan fingerprint density at radius 2 is 1.72 bits per heavy atom. The van der Waals surface area contributed by atoms with Crippen molar-refractivity contribution in [3.8, 4) is 17.2 Å². The molecule has 1 saturated heterocycles. The van der Waals surface area contributed by atoms with Gasteiger partial charge in [-0.15, -0.1) is 0 Å². The standard InChI is InChI=1S/C20H19N3O2/c24-20-14-18(25-17-6-2-1-3-7-17)10-13-23(20)16-8-9-19(21-15-16)22-11-4-5-12-22/h1-3,6-10,13-15H,4-5,11-12H2. The van der Waals surface area contributed by atoms with Crippen LogP contribution in [0.2, 0.25) is 0 Å². The number of pyridine rings is 2. The van der Waals surface area contributed by atoms with Crippen LogP contribution < -0.4 is 15.2 Å². The van der Waals surface area contributed by atoms with E-state index in [1.54, 1.807) is 23.0 Å². The number of benzene rings is 1. The summed E-state index contributed by atoms with van der Waals surface area (Å²) in [5, 5.41) is 0. The fourth-order valence-corrected chi connectivity index (χ4v) is 3.02. The highest BCUT2D eigenvalue weighted by Crippen LogP contribution is 2.21. The van der Waals surface area contributed by atoms with E-state index < -0.39 is 0 Å². The minimum atomic E-state index is -0.149. The van der Waals surface area contributed by atoms with Crippen molar-refractivity contribution in [2.24, 2.45) is 0 Å². The number of ether oxygens (including phenoxy) is 1. The number of nitrogens with zero attached hydrogens (tertiary/aromatic N) is 3. The van der Waals surface area contributed by atoms with Crippen molar-refractivity contribution in [1.82, 2.24) is 9.55 Å². The van der Waals surface area contributed by atoms with Gasteiger partial charge < -0.3 is 9.64 Å². The van der Waals surface area contributed by atoms with Gasteiger partial charge in [0, 0.05) is 25.4 Å². The van der Waals surface area contributed by atoms with Crippen molar-refractivity contribution in [2.45, 2.75) is 12.8 Å². The monoisotopic (exact) mass is 333 g/mol. The fraction of sp³-hybridized carbons (Fsp3) is 0.200. The molecule has 25 heavy (non-hydrogen) atoms. The molecule has 0 unspecified atom stereocenters. The lowest BCUT2D eigenvalue weighted by Gasteiger charge is -2.16. The Bertz CT molecular complexity index is 898. The SMILES string of the molecule is O=c1cc(Oc2ccccc2)ccn1-c1ccc(N2CCCC2)nc1. The third kappa shape index (κ3) is 3.40. The van der Waals surface area contributed by atoms with Crippen LogP contribution in [0.15, 0.2) is 71.8 Å². The van der Waals surface area contributed by atoms with Gasteiger partial charge in [0.05, 0.1) is 11.9 Å². The lowest BCUT2D eigenvalue weighted by Crippen LogP contribution is -2.20. The highest BCUT2D eigenvalue weighted by Gasteiger charge is 2.13. The number of hydrogen-bond acceptors (Lipinski definition) is 4. The van der Waals surface area contributed by atoms with Gasteiger partial charge >= 0.3 is 0 Å². The summed E-state index contributed by atoms with van der Waals surface area (Å²) >= 11 is 0. The van der Waals surface area contributed by atoms with E-state index in [0.29, 0.717) is 11.5 Å². The second-order valence-electron chi connectivity index (χ2n) is 6.05. The molecule has 0 aliphatic carbocycles. The van der Waals surface area contributed by atoms with Crippen LogP contribution >= 0.6 is 0 Å². The van der Waals surface area contributed by atoms with E-state index in [1.165, 1.54) is 18.9 Å². The predicted octanol–water partition coefficient (Wildman–Crippen LogP) is 3.63. The molecule has 1 aliphatic heterocycles. The summed E-state index contributed by atoms with van der Waals surface area (Å²) in [7, 11) is 0. The summed E-state index contributed by atoms with van der Waals surface area (Å²) in [6.07, 6.45) is 5.89. The zero-order chi connectivity index (χ0) is 17.1. The van der Waals surface area contributed by atoms with Crippen molar-refractivity contribution in [3.05, 3.63) is 77.3 Å². The first kappa shape index (κ1) is 15.4. The molecule has 0 amide bonds. The summed E-state index contributed by atoms with van der Waals surface area (Å²) in [6, 6.07) is 16.6. The largest absolute Gasteiger partial charge is 0.457 e. The fourth-order valence-electron chi connectivity index (χ4n) is 3.02. The molecular formula is C20H19N3O2. The maximum absolute atomic E-state index is 12.4. The van der Waals surface area contributed by atoms with Gasteiger partial charge in [0.1, 0.15) is 17.3 Å². The number of aromatic nitrogens is 2. The van der Waals surface area contributed by atoms with Crippen molar-refractivity contribution in [2.75, 3.05) is 18.0 Å². The normalized spacial score (nSPS) is 13.8. The molecule has 1 aromatic carbocycles. The summed E-state index contributed by atoms with van der Waals surface area (Å²) < 4.78 is 7.27. The van der Waals surface area contributed by atoms with Crippen LogP contribution in [-0.4, -0.2) is 22.6 Å². The molecule has 1 fully saturated rings. The van der Waals surface area contributed by atoms with Gasteiger partial charge in [-0.2, -0.15) is 0 Å². The van der Waals surface area contributed by atoms with E-state index in [-0.39, 0.29) is 5.56 Å². The summed E-state index contributed by atoms with van der Waals surface area (Å²) in [5.74, 6) is 2.20. The van der Waals surface area contributed by atoms with Gasteiger partial charge in [0.15, 0.2) is 0 Å². The van der Waals surface area contributed by atoms with E-state index in [1.807, 2.05) is 42.5 Å².